The SMILES string of the molecule is C=CC(=O)Nc1ccc(OC)c(OC2CCOC2)c1. The van der Waals surface area contributed by atoms with Gasteiger partial charge in [-0.3, -0.25) is 4.79 Å². The van der Waals surface area contributed by atoms with Crippen LogP contribution in [0.3, 0.4) is 0 Å². The number of rotatable bonds is 5. The van der Waals surface area contributed by atoms with Crippen molar-refractivity contribution in [2.24, 2.45) is 0 Å². The van der Waals surface area contributed by atoms with Crippen LogP contribution in [-0.2, 0) is 9.53 Å². The average molecular weight is 263 g/mol. The molecule has 1 unspecified atom stereocenters. The molecule has 1 aliphatic heterocycles. The lowest BCUT2D eigenvalue weighted by molar-refractivity contribution is -0.111. The topological polar surface area (TPSA) is 56.8 Å². The number of hydrogen-bond donors (Lipinski definition) is 1. The van der Waals surface area contributed by atoms with E-state index in [1.807, 2.05) is 0 Å². The van der Waals surface area contributed by atoms with Crippen LogP contribution in [0.25, 0.3) is 0 Å². The van der Waals surface area contributed by atoms with Crippen molar-refractivity contribution >= 4 is 11.6 Å². The molecular weight excluding hydrogens is 246 g/mol. The molecule has 1 aliphatic rings. The van der Waals surface area contributed by atoms with Gasteiger partial charge in [-0.05, 0) is 18.2 Å². The molecular formula is C14H17NO4. The molecule has 0 aliphatic carbocycles. The molecule has 0 aromatic heterocycles. The van der Waals surface area contributed by atoms with Crippen LogP contribution in [0.1, 0.15) is 6.42 Å². The fraction of sp³-hybridized carbons (Fsp3) is 0.357. The molecule has 102 valence electrons. The van der Waals surface area contributed by atoms with Crippen LogP contribution < -0.4 is 14.8 Å². The summed E-state index contributed by atoms with van der Waals surface area (Å²) in [6.45, 7) is 4.70. The van der Waals surface area contributed by atoms with E-state index >= 15 is 0 Å². The first kappa shape index (κ1) is 13.4. The normalized spacial score (nSPS) is 17.8. The molecule has 1 aromatic rings. The van der Waals surface area contributed by atoms with Gasteiger partial charge in [0.05, 0.1) is 20.3 Å². The number of amides is 1. The maximum atomic E-state index is 11.3. The molecule has 1 heterocycles. The predicted molar refractivity (Wildman–Crippen MR) is 71.7 cm³/mol. The highest BCUT2D eigenvalue weighted by Gasteiger charge is 2.19. The summed E-state index contributed by atoms with van der Waals surface area (Å²) in [5.41, 5.74) is 0.639. The van der Waals surface area contributed by atoms with E-state index in [9.17, 15) is 4.79 Å². The van der Waals surface area contributed by atoms with Crippen LogP contribution in [0.2, 0.25) is 0 Å². The number of hydrogen-bond acceptors (Lipinski definition) is 4. The third kappa shape index (κ3) is 3.48. The number of methoxy groups -OCH3 is 1. The smallest absolute Gasteiger partial charge is 0.247 e. The van der Waals surface area contributed by atoms with E-state index in [-0.39, 0.29) is 12.0 Å². The molecule has 1 fully saturated rings. The lowest BCUT2D eigenvalue weighted by Crippen LogP contribution is -2.16. The van der Waals surface area contributed by atoms with Crippen LogP contribution in [0.5, 0.6) is 11.5 Å². The van der Waals surface area contributed by atoms with Gasteiger partial charge < -0.3 is 19.5 Å². The first-order valence-corrected chi connectivity index (χ1v) is 6.09. The van der Waals surface area contributed by atoms with Crippen molar-refractivity contribution in [2.45, 2.75) is 12.5 Å². The van der Waals surface area contributed by atoms with Crippen molar-refractivity contribution in [3.8, 4) is 11.5 Å². The first-order valence-electron chi connectivity index (χ1n) is 6.09. The second-order valence-electron chi connectivity index (χ2n) is 4.16. The molecule has 0 spiro atoms. The summed E-state index contributed by atoms with van der Waals surface area (Å²) in [6, 6.07) is 5.24. The summed E-state index contributed by atoms with van der Waals surface area (Å²) in [5, 5.41) is 2.68. The van der Waals surface area contributed by atoms with Crippen LogP contribution in [0.4, 0.5) is 5.69 Å². The van der Waals surface area contributed by atoms with E-state index in [1.54, 1.807) is 25.3 Å². The van der Waals surface area contributed by atoms with Gasteiger partial charge in [0.2, 0.25) is 5.91 Å². The Bertz CT molecular complexity index is 467. The lowest BCUT2D eigenvalue weighted by atomic mass is 10.2. The Morgan fingerprint density at radius 1 is 1.53 bits per heavy atom. The molecule has 5 heteroatoms. The molecule has 0 saturated carbocycles. The Hall–Kier alpha value is -2.01. The minimum atomic E-state index is -0.264. The third-order valence-electron chi connectivity index (χ3n) is 2.80. The highest BCUT2D eigenvalue weighted by molar-refractivity contribution is 5.99. The highest BCUT2D eigenvalue weighted by Crippen LogP contribution is 2.32. The van der Waals surface area contributed by atoms with Crippen molar-refractivity contribution < 1.29 is 19.0 Å². The zero-order chi connectivity index (χ0) is 13.7. The van der Waals surface area contributed by atoms with Gasteiger partial charge >= 0.3 is 0 Å². The lowest BCUT2D eigenvalue weighted by Gasteiger charge is -2.16. The summed E-state index contributed by atoms with van der Waals surface area (Å²) < 4.78 is 16.3. The Morgan fingerprint density at radius 2 is 2.37 bits per heavy atom. The molecule has 0 radical (unpaired) electrons. The van der Waals surface area contributed by atoms with Crippen molar-refractivity contribution in [1.82, 2.24) is 0 Å². The van der Waals surface area contributed by atoms with E-state index in [4.69, 9.17) is 14.2 Å². The Morgan fingerprint density at radius 3 is 3.00 bits per heavy atom. The molecule has 1 N–H and O–H groups in total. The number of nitrogens with one attached hydrogen (secondary N) is 1. The summed E-state index contributed by atoms with van der Waals surface area (Å²) in [5.74, 6) is 0.962. The summed E-state index contributed by atoms with van der Waals surface area (Å²) in [4.78, 5) is 11.3. The summed E-state index contributed by atoms with van der Waals surface area (Å²) in [6.07, 6.45) is 2.10. The molecule has 0 bridgehead atoms. The van der Waals surface area contributed by atoms with E-state index in [1.165, 1.54) is 6.08 Å². The fourth-order valence-electron chi connectivity index (χ4n) is 1.83. The number of anilines is 1. The second kappa shape index (κ2) is 6.24. The van der Waals surface area contributed by atoms with Gasteiger partial charge in [0, 0.05) is 18.2 Å². The largest absolute Gasteiger partial charge is 0.493 e. The van der Waals surface area contributed by atoms with Crippen molar-refractivity contribution in [2.75, 3.05) is 25.6 Å². The Labute approximate surface area is 112 Å². The Kier molecular flexibility index (Phi) is 4.41. The van der Waals surface area contributed by atoms with E-state index in [0.717, 1.165) is 6.42 Å². The quantitative estimate of drug-likeness (QED) is 0.825. The van der Waals surface area contributed by atoms with E-state index in [0.29, 0.717) is 30.4 Å². The monoisotopic (exact) mass is 263 g/mol. The number of benzene rings is 1. The second-order valence-corrected chi connectivity index (χ2v) is 4.16. The van der Waals surface area contributed by atoms with Gasteiger partial charge in [0.1, 0.15) is 6.10 Å². The molecule has 1 saturated heterocycles. The minimum Gasteiger partial charge on any atom is -0.493 e. The number of ether oxygens (including phenoxy) is 3. The zero-order valence-corrected chi connectivity index (χ0v) is 10.8. The first-order chi connectivity index (χ1) is 9.22. The third-order valence-corrected chi connectivity index (χ3v) is 2.80. The van der Waals surface area contributed by atoms with E-state index in [2.05, 4.69) is 11.9 Å². The van der Waals surface area contributed by atoms with Crippen molar-refractivity contribution in [1.29, 1.82) is 0 Å². The maximum Gasteiger partial charge on any atom is 0.247 e. The van der Waals surface area contributed by atoms with Gasteiger partial charge in [0.15, 0.2) is 11.5 Å². The molecule has 19 heavy (non-hydrogen) atoms. The van der Waals surface area contributed by atoms with Crippen LogP contribution in [-0.4, -0.2) is 32.3 Å². The Balaban J connectivity index is 2.15. The fourth-order valence-corrected chi connectivity index (χ4v) is 1.83. The molecule has 1 amide bonds. The number of carbonyl (C=O) groups is 1. The van der Waals surface area contributed by atoms with Gasteiger partial charge in [0.25, 0.3) is 0 Å². The van der Waals surface area contributed by atoms with Crippen LogP contribution in [0.15, 0.2) is 30.9 Å². The standard InChI is InChI=1S/C14H17NO4/c1-3-14(16)15-10-4-5-12(17-2)13(8-10)19-11-6-7-18-9-11/h3-5,8,11H,1,6-7,9H2,2H3,(H,15,16). The predicted octanol–water partition coefficient (Wildman–Crippen LogP) is 1.99. The molecule has 1 atom stereocenters. The van der Waals surface area contributed by atoms with Gasteiger partial charge in [-0.2, -0.15) is 0 Å². The molecule has 5 nitrogen and oxygen atoms in total. The van der Waals surface area contributed by atoms with Gasteiger partial charge in [-0.1, -0.05) is 6.58 Å². The zero-order valence-electron chi connectivity index (χ0n) is 10.8. The van der Waals surface area contributed by atoms with Crippen molar-refractivity contribution in [3.05, 3.63) is 30.9 Å². The molecule has 2 rings (SSSR count). The van der Waals surface area contributed by atoms with E-state index < -0.39 is 0 Å². The average Bonchev–Trinajstić information content (AvgIpc) is 2.92. The van der Waals surface area contributed by atoms with Gasteiger partial charge in [-0.15, -0.1) is 0 Å². The van der Waals surface area contributed by atoms with Crippen LogP contribution >= 0.6 is 0 Å². The maximum absolute atomic E-state index is 11.3. The number of carbonyl (C=O) groups excluding carboxylic acids is 1. The highest BCUT2D eigenvalue weighted by atomic mass is 16.6. The van der Waals surface area contributed by atoms with Gasteiger partial charge in [-0.25, -0.2) is 0 Å². The molecule has 1 aromatic carbocycles. The summed E-state index contributed by atoms with van der Waals surface area (Å²) in [7, 11) is 1.58. The summed E-state index contributed by atoms with van der Waals surface area (Å²) >= 11 is 0. The van der Waals surface area contributed by atoms with Crippen LogP contribution in [0, 0.1) is 0 Å². The minimum absolute atomic E-state index is 0.0271. The van der Waals surface area contributed by atoms with Crippen molar-refractivity contribution in [3.63, 3.8) is 0 Å².